The summed E-state index contributed by atoms with van der Waals surface area (Å²) in [6, 6.07) is 13.5. The highest BCUT2D eigenvalue weighted by Crippen LogP contribution is 2.31. The van der Waals surface area contributed by atoms with Crippen molar-refractivity contribution in [3.05, 3.63) is 53.1 Å². The molecular formula is C17H18N2O2. The quantitative estimate of drug-likeness (QED) is 0.912. The molecule has 0 aromatic heterocycles. The summed E-state index contributed by atoms with van der Waals surface area (Å²) >= 11 is 0. The second kappa shape index (κ2) is 6.67. The van der Waals surface area contributed by atoms with E-state index in [1.165, 1.54) is 0 Å². The Morgan fingerprint density at radius 1 is 1.14 bits per heavy atom. The molecule has 0 aliphatic rings. The van der Waals surface area contributed by atoms with E-state index < -0.39 is 0 Å². The minimum absolute atomic E-state index is 0.593. The third kappa shape index (κ3) is 3.26. The molecule has 0 unspecified atom stereocenters. The van der Waals surface area contributed by atoms with Crippen LogP contribution in [0.5, 0.6) is 11.5 Å². The van der Waals surface area contributed by atoms with E-state index in [0.717, 1.165) is 22.6 Å². The lowest BCUT2D eigenvalue weighted by Gasteiger charge is -2.14. The molecule has 2 aromatic carbocycles. The van der Waals surface area contributed by atoms with Crippen LogP contribution in [0, 0.1) is 18.3 Å². The molecule has 0 amide bonds. The van der Waals surface area contributed by atoms with Gasteiger partial charge in [0.05, 0.1) is 25.9 Å². The first-order valence-corrected chi connectivity index (χ1v) is 6.64. The van der Waals surface area contributed by atoms with Crippen molar-refractivity contribution < 1.29 is 9.47 Å². The Labute approximate surface area is 124 Å². The first kappa shape index (κ1) is 14.7. The van der Waals surface area contributed by atoms with E-state index >= 15 is 0 Å². The Bertz CT molecular complexity index is 675. The molecular weight excluding hydrogens is 264 g/mol. The molecule has 0 saturated heterocycles. The zero-order valence-electron chi connectivity index (χ0n) is 12.4. The number of benzene rings is 2. The monoisotopic (exact) mass is 282 g/mol. The average Bonchev–Trinajstić information content (AvgIpc) is 2.53. The summed E-state index contributed by atoms with van der Waals surface area (Å²) < 4.78 is 10.7. The lowest BCUT2D eigenvalue weighted by atomic mass is 10.1. The van der Waals surface area contributed by atoms with Crippen molar-refractivity contribution in [1.82, 2.24) is 0 Å². The molecule has 0 bridgehead atoms. The highest BCUT2D eigenvalue weighted by atomic mass is 16.5. The molecule has 4 nitrogen and oxygen atoms in total. The van der Waals surface area contributed by atoms with Crippen LogP contribution in [-0.4, -0.2) is 14.2 Å². The Morgan fingerprint density at radius 3 is 2.62 bits per heavy atom. The fourth-order valence-corrected chi connectivity index (χ4v) is 2.17. The van der Waals surface area contributed by atoms with Crippen molar-refractivity contribution in [2.45, 2.75) is 13.5 Å². The molecule has 0 atom stereocenters. The summed E-state index contributed by atoms with van der Waals surface area (Å²) in [7, 11) is 3.25. The molecule has 0 aliphatic heterocycles. The number of anilines is 1. The lowest BCUT2D eigenvalue weighted by molar-refractivity contribution is 0.352. The van der Waals surface area contributed by atoms with Gasteiger partial charge in [-0.3, -0.25) is 0 Å². The fourth-order valence-electron chi connectivity index (χ4n) is 2.17. The van der Waals surface area contributed by atoms with Gasteiger partial charge in [-0.25, -0.2) is 0 Å². The number of para-hydroxylation sites is 1. The van der Waals surface area contributed by atoms with Crippen LogP contribution in [0.1, 0.15) is 16.7 Å². The number of ether oxygens (including phenoxy) is 2. The van der Waals surface area contributed by atoms with Crippen molar-refractivity contribution in [1.29, 1.82) is 5.26 Å². The highest BCUT2D eigenvalue weighted by Gasteiger charge is 2.09. The summed E-state index contributed by atoms with van der Waals surface area (Å²) in [5.41, 5.74) is 3.68. The summed E-state index contributed by atoms with van der Waals surface area (Å²) in [5, 5.41) is 12.3. The van der Waals surface area contributed by atoms with Gasteiger partial charge in [0.2, 0.25) is 0 Å². The number of nitrogens with zero attached hydrogens (tertiary/aromatic N) is 1. The van der Waals surface area contributed by atoms with Gasteiger partial charge in [-0.2, -0.15) is 5.26 Å². The minimum Gasteiger partial charge on any atom is -0.493 e. The molecule has 0 spiro atoms. The first-order chi connectivity index (χ1) is 10.2. The van der Waals surface area contributed by atoms with Gasteiger partial charge in [0.25, 0.3) is 0 Å². The summed E-state index contributed by atoms with van der Waals surface area (Å²) in [5.74, 6) is 1.43. The van der Waals surface area contributed by atoms with Crippen LogP contribution in [0.4, 0.5) is 5.69 Å². The zero-order chi connectivity index (χ0) is 15.2. The third-order valence-electron chi connectivity index (χ3n) is 3.32. The summed E-state index contributed by atoms with van der Waals surface area (Å²) in [6.07, 6.45) is 0. The second-order valence-corrected chi connectivity index (χ2v) is 4.65. The van der Waals surface area contributed by atoms with E-state index in [-0.39, 0.29) is 0 Å². The Morgan fingerprint density at radius 2 is 1.95 bits per heavy atom. The van der Waals surface area contributed by atoms with Crippen LogP contribution in [-0.2, 0) is 6.54 Å². The topological polar surface area (TPSA) is 54.3 Å². The Balaban J connectivity index is 2.23. The van der Waals surface area contributed by atoms with Gasteiger partial charge in [-0.1, -0.05) is 18.2 Å². The minimum atomic E-state index is 0.593. The zero-order valence-corrected chi connectivity index (χ0v) is 12.4. The lowest BCUT2D eigenvalue weighted by Crippen LogP contribution is -2.04. The maximum Gasteiger partial charge on any atom is 0.165 e. The average molecular weight is 282 g/mol. The van der Waals surface area contributed by atoms with Crippen molar-refractivity contribution in [3.8, 4) is 17.6 Å². The van der Waals surface area contributed by atoms with Gasteiger partial charge < -0.3 is 14.8 Å². The number of rotatable bonds is 5. The van der Waals surface area contributed by atoms with Crippen LogP contribution in [0.2, 0.25) is 0 Å². The molecule has 2 rings (SSSR count). The molecule has 21 heavy (non-hydrogen) atoms. The van der Waals surface area contributed by atoms with Gasteiger partial charge in [0.15, 0.2) is 11.5 Å². The van der Waals surface area contributed by atoms with E-state index in [1.807, 2.05) is 43.3 Å². The predicted molar refractivity (Wildman–Crippen MR) is 82.8 cm³/mol. The predicted octanol–water partition coefficient (Wildman–Crippen LogP) is 3.50. The van der Waals surface area contributed by atoms with Crippen molar-refractivity contribution in [2.75, 3.05) is 19.5 Å². The number of nitrogens with one attached hydrogen (secondary N) is 1. The molecule has 4 heteroatoms. The summed E-state index contributed by atoms with van der Waals surface area (Å²) in [6.45, 7) is 2.60. The van der Waals surface area contributed by atoms with Gasteiger partial charge in [-0.05, 0) is 30.7 Å². The van der Waals surface area contributed by atoms with Crippen LogP contribution in [0.15, 0.2) is 36.4 Å². The Hall–Kier alpha value is -2.67. The van der Waals surface area contributed by atoms with Gasteiger partial charge in [0.1, 0.15) is 0 Å². The van der Waals surface area contributed by atoms with E-state index in [2.05, 4.69) is 11.4 Å². The maximum absolute atomic E-state index is 8.97. The Kier molecular flexibility index (Phi) is 4.68. The molecule has 108 valence electrons. The maximum atomic E-state index is 8.97. The third-order valence-corrected chi connectivity index (χ3v) is 3.32. The van der Waals surface area contributed by atoms with Crippen molar-refractivity contribution >= 4 is 5.69 Å². The normalized spacial score (nSPS) is 9.81. The number of hydrogen-bond donors (Lipinski definition) is 1. The number of aryl methyl sites for hydroxylation is 1. The SMILES string of the molecule is COc1cccc(CNc2cc(C#N)ccc2C)c1OC. The first-order valence-electron chi connectivity index (χ1n) is 6.64. The van der Waals surface area contributed by atoms with Crippen LogP contribution < -0.4 is 14.8 Å². The van der Waals surface area contributed by atoms with E-state index in [0.29, 0.717) is 17.9 Å². The van der Waals surface area contributed by atoms with E-state index in [1.54, 1.807) is 14.2 Å². The van der Waals surface area contributed by atoms with Crippen LogP contribution in [0.3, 0.4) is 0 Å². The molecule has 0 heterocycles. The van der Waals surface area contributed by atoms with Crippen LogP contribution in [0.25, 0.3) is 0 Å². The number of hydrogen-bond acceptors (Lipinski definition) is 4. The highest BCUT2D eigenvalue weighted by molar-refractivity contribution is 5.56. The molecule has 1 N–H and O–H groups in total. The van der Waals surface area contributed by atoms with Crippen LogP contribution >= 0.6 is 0 Å². The fraction of sp³-hybridized carbons (Fsp3) is 0.235. The molecule has 0 fully saturated rings. The number of methoxy groups -OCH3 is 2. The van der Waals surface area contributed by atoms with Crippen molar-refractivity contribution in [2.24, 2.45) is 0 Å². The standard InChI is InChI=1S/C17H18N2O2/c1-12-7-8-13(10-18)9-15(12)19-11-14-5-4-6-16(20-2)17(14)21-3/h4-9,19H,11H2,1-3H3. The second-order valence-electron chi connectivity index (χ2n) is 4.65. The van der Waals surface area contributed by atoms with Gasteiger partial charge in [0, 0.05) is 17.8 Å². The molecule has 0 aliphatic carbocycles. The van der Waals surface area contributed by atoms with E-state index in [4.69, 9.17) is 14.7 Å². The van der Waals surface area contributed by atoms with Gasteiger partial charge >= 0.3 is 0 Å². The summed E-state index contributed by atoms with van der Waals surface area (Å²) in [4.78, 5) is 0. The smallest absolute Gasteiger partial charge is 0.165 e. The molecule has 0 radical (unpaired) electrons. The molecule has 2 aromatic rings. The van der Waals surface area contributed by atoms with Gasteiger partial charge in [-0.15, -0.1) is 0 Å². The molecule has 0 saturated carbocycles. The van der Waals surface area contributed by atoms with E-state index in [9.17, 15) is 0 Å². The number of nitriles is 1. The largest absolute Gasteiger partial charge is 0.493 e. The van der Waals surface area contributed by atoms with Crippen molar-refractivity contribution in [3.63, 3.8) is 0 Å².